The summed E-state index contributed by atoms with van der Waals surface area (Å²) < 4.78 is 0. The molecule has 1 aliphatic rings. The molecule has 0 aliphatic heterocycles. The average Bonchev–Trinajstić information content (AvgIpc) is 2.36. The smallest absolute Gasteiger partial charge is 0.326 e. The molecule has 4 N–H and O–H groups in total. The van der Waals surface area contributed by atoms with Crippen molar-refractivity contribution in [2.75, 3.05) is 6.54 Å². The first kappa shape index (κ1) is 15.0. The largest absolute Gasteiger partial charge is 0.481 e. The zero-order chi connectivity index (χ0) is 14.3. The van der Waals surface area contributed by atoms with Crippen LogP contribution in [0.25, 0.3) is 0 Å². The van der Waals surface area contributed by atoms with E-state index in [0.717, 1.165) is 19.3 Å². The fourth-order valence-corrected chi connectivity index (χ4v) is 1.86. The lowest BCUT2D eigenvalue weighted by Crippen LogP contribution is -2.47. The third-order valence-corrected chi connectivity index (χ3v) is 2.91. The van der Waals surface area contributed by atoms with Gasteiger partial charge in [-0.15, -0.1) is 0 Å². The van der Waals surface area contributed by atoms with E-state index in [0.29, 0.717) is 12.5 Å². The van der Waals surface area contributed by atoms with Crippen molar-refractivity contribution in [1.82, 2.24) is 10.6 Å². The number of carbonyl (C=O) groups excluding carboxylic acids is 1. The Morgan fingerprint density at radius 3 is 2.53 bits per heavy atom. The van der Waals surface area contributed by atoms with Gasteiger partial charge in [0.15, 0.2) is 0 Å². The highest BCUT2D eigenvalue weighted by molar-refractivity contribution is 5.86. The van der Waals surface area contributed by atoms with E-state index < -0.39 is 30.4 Å². The normalized spacial score (nSPS) is 19.5. The lowest BCUT2D eigenvalue weighted by Gasteiger charge is -2.19. The molecule has 0 aromatic heterocycles. The van der Waals surface area contributed by atoms with Crippen molar-refractivity contribution in [3.8, 4) is 0 Å². The van der Waals surface area contributed by atoms with Crippen molar-refractivity contribution in [2.24, 2.45) is 5.92 Å². The molecule has 7 nitrogen and oxygen atoms in total. The number of carboxylic acids is 2. The standard InChI is InChI=1S/C12H18N2O5/c15-10(16)6-9(11(17)18)14-12(19)13-7-8-4-2-1-3-5-8/h1-2,8-9H,3-7H2,(H,15,16)(H,17,18)(H2,13,14,19)/t8?,9-/m1/s1. The highest BCUT2D eigenvalue weighted by Gasteiger charge is 2.23. The van der Waals surface area contributed by atoms with Crippen LogP contribution in [0.1, 0.15) is 25.7 Å². The fraction of sp³-hybridized carbons (Fsp3) is 0.583. The molecular formula is C12H18N2O5. The van der Waals surface area contributed by atoms with Crippen molar-refractivity contribution >= 4 is 18.0 Å². The van der Waals surface area contributed by atoms with Crippen LogP contribution in [0.15, 0.2) is 12.2 Å². The molecule has 0 radical (unpaired) electrons. The number of hydrogen-bond acceptors (Lipinski definition) is 3. The van der Waals surface area contributed by atoms with Gasteiger partial charge in [-0.05, 0) is 25.2 Å². The molecule has 2 amide bonds. The van der Waals surface area contributed by atoms with Gasteiger partial charge < -0.3 is 20.8 Å². The van der Waals surface area contributed by atoms with Crippen LogP contribution in [-0.2, 0) is 9.59 Å². The highest BCUT2D eigenvalue weighted by atomic mass is 16.4. The van der Waals surface area contributed by atoms with Gasteiger partial charge in [0, 0.05) is 6.54 Å². The third kappa shape index (κ3) is 5.89. The second kappa shape index (κ2) is 7.40. The van der Waals surface area contributed by atoms with E-state index in [4.69, 9.17) is 10.2 Å². The van der Waals surface area contributed by atoms with Crippen LogP contribution < -0.4 is 10.6 Å². The summed E-state index contributed by atoms with van der Waals surface area (Å²) >= 11 is 0. The van der Waals surface area contributed by atoms with Crippen molar-refractivity contribution in [1.29, 1.82) is 0 Å². The molecule has 106 valence electrons. The Labute approximate surface area is 110 Å². The predicted octanol–water partition coefficient (Wildman–Crippen LogP) is 0.570. The van der Waals surface area contributed by atoms with Crippen LogP contribution >= 0.6 is 0 Å². The Morgan fingerprint density at radius 1 is 1.26 bits per heavy atom. The number of allylic oxidation sites excluding steroid dienone is 2. The van der Waals surface area contributed by atoms with Crippen molar-refractivity contribution < 1.29 is 24.6 Å². The van der Waals surface area contributed by atoms with Crippen LogP contribution in [0.4, 0.5) is 4.79 Å². The molecule has 0 saturated carbocycles. The quantitative estimate of drug-likeness (QED) is 0.527. The minimum absolute atomic E-state index is 0.346. The van der Waals surface area contributed by atoms with Crippen LogP contribution in [-0.4, -0.2) is 40.8 Å². The molecule has 7 heteroatoms. The van der Waals surface area contributed by atoms with Crippen LogP contribution in [0.3, 0.4) is 0 Å². The molecule has 0 aromatic rings. The highest BCUT2D eigenvalue weighted by Crippen LogP contribution is 2.16. The molecule has 0 spiro atoms. The number of urea groups is 1. The fourth-order valence-electron chi connectivity index (χ4n) is 1.86. The van der Waals surface area contributed by atoms with E-state index in [1.165, 1.54) is 0 Å². The molecular weight excluding hydrogens is 252 g/mol. The van der Waals surface area contributed by atoms with Gasteiger partial charge in [-0.2, -0.15) is 0 Å². The zero-order valence-corrected chi connectivity index (χ0v) is 10.5. The zero-order valence-electron chi connectivity index (χ0n) is 10.5. The maximum absolute atomic E-state index is 11.5. The number of nitrogens with one attached hydrogen (secondary N) is 2. The molecule has 2 atom stereocenters. The summed E-state index contributed by atoms with van der Waals surface area (Å²) in [4.78, 5) is 32.7. The van der Waals surface area contributed by atoms with Gasteiger partial charge in [-0.1, -0.05) is 12.2 Å². The number of aliphatic carboxylic acids is 2. The molecule has 1 rings (SSSR count). The monoisotopic (exact) mass is 270 g/mol. The number of carbonyl (C=O) groups is 3. The van der Waals surface area contributed by atoms with Crippen LogP contribution in [0, 0.1) is 5.92 Å². The van der Waals surface area contributed by atoms with E-state index in [9.17, 15) is 14.4 Å². The van der Waals surface area contributed by atoms with Gasteiger partial charge in [0.2, 0.25) is 0 Å². The van der Waals surface area contributed by atoms with E-state index in [-0.39, 0.29) is 0 Å². The van der Waals surface area contributed by atoms with E-state index in [1.54, 1.807) is 0 Å². The second-order valence-electron chi connectivity index (χ2n) is 4.49. The second-order valence-corrected chi connectivity index (χ2v) is 4.49. The van der Waals surface area contributed by atoms with E-state index >= 15 is 0 Å². The summed E-state index contributed by atoms with van der Waals surface area (Å²) in [5, 5.41) is 22.0. The summed E-state index contributed by atoms with van der Waals surface area (Å²) in [6.07, 6.45) is 6.34. The predicted molar refractivity (Wildman–Crippen MR) is 66.7 cm³/mol. The van der Waals surface area contributed by atoms with Crippen molar-refractivity contribution in [3.63, 3.8) is 0 Å². The Kier molecular flexibility index (Phi) is 5.84. The van der Waals surface area contributed by atoms with Gasteiger partial charge in [0.25, 0.3) is 0 Å². The van der Waals surface area contributed by atoms with Gasteiger partial charge in [0.05, 0.1) is 6.42 Å². The number of amides is 2. The van der Waals surface area contributed by atoms with Crippen molar-refractivity contribution in [3.05, 3.63) is 12.2 Å². The third-order valence-electron chi connectivity index (χ3n) is 2.91. The number of rotatable bonds is 6. The summed E-state index contributed by atoms with van der Waals surface area (Å²) in [6.45, 7) is 0.454. The SMILES string of the molecule is O=C(O)C[C@@H](NC(=O)NCC1CC=CCC1)C(=O)O. The molecule has 1 unspecified atom stereocenters. The Morgan fingerprint density at radius 2 is 2.00 bits per heavy atom. The summed E-state index contributed by atoms with van der Waals surface area (Å²) in [5.41, 5.74) is 0. The van der Waals surface area contributed by atoms with Gasteiger partial charge in [-0.3, -0.25) is 4.79 Å². The lowest BCUT2D eigenvalue weighted by molar-refractivity contribution is -0.145. The number of hydrogen-bond donors (Lipinski definition) is 4. The van der Waals surface area contributed by atoms with Crippen LogP contribution in [0.2, 0.25) is 0 Å². The first-order valence-electron chi connectivity index (χ1n) is 6.13. The van der Waals surface area contributed by atoms with Crippen molar-refractivity contribution in [2.45, 2.75) is 31.7 Å². The Hall–Kier alpha value is -2.05. The molecule has 0 heterocycles. The maximum Gasteiger partial charge on any atom is 0.326 e. The first-order chi connectivity index (χ1) is 8.99. The minimum Gasteiger partial charge on any atom is -0.481 e. The van der Waals surface area contributed by atoms with Gasteiger partial charge in [-0.25, -0.2) is 9.59 Å². The topological polar surface area (TPSA) is 116 Å². The Bertz CT molecular complexity index is 380. The van der Waals surface area contributed by atoms with Gasteiger partial charge >= 0.3 is 18.0 Å². The van der Waals surface area contributed by atoms with Gasteiger partial charge in [0.1, 0.15) is 6.04 Å². The maximum atomic E-state index is 11.5. The molecule has 0 aromatic carbocycles. The summed E-state index contributed by atoms with van der Waals surface area (Å²) in [6, 6.07) is -2.06. The molecule has 0 fully saturated rings. The number of carboxylic acid groups (broad SMARTS) is 2. The molecule has 1 aliphatic carbocycles. The van der Waals surface area contributed by atoms with E-state index in [2.05, 4.69) is 22.8 Å². The summed E-state index contributed by atoms with van der Waals surface area (Å²) in [5.74, 6) is -2.29. The van der Waals surface area contributed by atoms with E-state index in [1.807, 2.05) is 0 Å². The first-order valence-corrected chi connectivity index (χ1v) is 6.13. The molecule has 0 saturated heterocycles. The minimum atomic E-state index is -1.41. The molecule has 19 heavy (non-hydrogen) atoms. The summed E-state index contributed by atoms with van der Waals surface area (Å²) in [7, 11) is 0. The Balaban J connectivity index is 2.33. The van der Waals surface area contributed by atoms with Crippen LogP contribution in [0.5, 0.6) is 0 Å². The lowest BCUT2D eigenvalue weighted by atomic mass is 9.94. The molecule has 0 bridgehead atoms. The average molecular weight is 270 g/mol.